The van der Waals surface area contributed by atoms with Crippen LogP contribution < -0.4 is 0 Å². The Morgan fingerprint density at radius 1 is 1.19 bits per heavy atom. The monoisotopic (exact) mass is 279 g/mol. The van der Waals surface area contributed by atoms with Gasteiger partial charge >= 0.3 is 0 Å². The topological polar surface area (TPSA) is 49.0 Å². The molecular weight excluding hydrogens is 262 g/mol. The average Bonchev–Trinajstić information content (AvgIpc) is 3.01. The molecule has 0 radical (unpaired) electrons. The first-order chi connectivity index (χ1) is 10.3. The fraction of sp³-hybridized carbons (Fsp3) is 0.176. The maximum atomic E-state index is 12.6. The fourth-order valence-corrected chi connectivity index (χ4v) is 2.43. The Bertz CT molecular complexity index is 749. The van der Waals surface area contributed by atoms with Crippen LogP contribution in [0.2, 0.25) is 0 Å². The molecule has 4 heteroatoms. The van der Waals surface area contributed by atoms with Gasteiger partial charge in [-0.3, -0.25) is 9.78 Å². The van der Waals surface area contributed by atoms with Crippen LogP contribution >= 0.6 is 0 Å². The van der Waals surface area contributed by atoms with Gasteiger partial charge < -0.3 is 9.88 Å². The number of carbonyl (C=O) groups excluding carboxylic acids is 1. The molecular formula is C17H17N3O. The van der Waals surface area contributed by atoms with Gasteiger partial charge in [0.2, 0.25) is 0 Å². The van der Waals surface area contributed by atoms with Gasteiger partial charge in [-0.25, -0.2) is 0 Å². The van der Waals surface area contributed by atoms with Crippen LogP contribution in [0.3, 0.4) is 0 Å². The van der Waals surface area contributed by atoms with Crippen molar-refractivity contribution in [3.8, 4) is 0 Å². The number of benzene rings is 1. The van der Waals surface area contributed by atoms with E-state index in [2.05, 4.69) is 9.97 Å². The van der Waals surface area contributed by atoms with Gasteiger partial charge in [-0.2, -0.15) is 0 Å². The maximum Gasteiger partial charge on any atom is 0.254 e. The van der Waals surface area contributed by atoms with Gasteiger partial charge in [0.15, 0.2) is 0 Å². The summed E-state index contributed by atoms with van der Waals surface area (Å²) < 4.78 is 0. The highest BCUT2D eigenvalue weighted by Crippen LogP contribution is 2.18. The number of likely N-dealkylation sites (N-methyl/N-ethyl adjacent to an activating group) is 1. The van der Waals surface area contributed by atoms with Gasteiger partial charge in [0.05, 0.1) is 0 Å². The summed E-state index contributed by atoms with van der Waals surface area (Å²) in [6.45, 7) is 0.684. The van der Waals surface area contributed by atoms with Crippen LogP contribution in [0.15, 0.2) is 55.0 Å². The van der Waals surface area contributed by atoms with E-state index in [4.69, 9.17) is 0 Å². The summed E-state index contributed by atoms with van der Waals surface area (Å²) in [5.74, 6) is 0.0502. The van der Waals surface area contributed by atoms with Crippen molar-refractivity contribution in [2.75, 3.05) is 13.6 Å². The second-order valence-electron chi connectivity index (χ2n) is 5.08. The molecule has 3 rings (SSSR count). The summed E-state index contributed by atoms with van der Waals surface area (Å²) in [5.41, 5.74) is 2.92. The second-order valence-corrected chi connectivity index (χ2v) is 5.08. The molecule has 0 unspecified atom stereocenters. The molecule has 1 amide bonds. The van der Waals surface area contributed by atoms with Crippen molar-refractivity contribution in [1.29, 1.82) is 0 Å². The van der Waals surface area contributed by atoms with Crippen molar-refractivity contribution in [3.63, 3.8) is 0 Å². The van der Waals surface area contributed by atoms with E-state index < -0.39 is 0 Å². The fourth-order valence-electron chi connectivity index (χ4n) is 2.43. The first kappa shape index (κ1) is 13.4. The lowest BCUT2D eigenvalue weighted by molar-refractivity contribution is 0.0798. The van der Waals surface area contributed by atoms with Crippen molar-refractivity contribution in [1.82, 2.24) is 14.9 Å². The highest BCUT2D eigenvalue weighted by Gasteiger charge is 2.14. The first-order valence-electron chi connectivity index (χ1n) is 6.96. The number of rotatable bonds is 4. The number of carbonyl (C=O) groups is 1. The minimum Gasteiger partial charge on any atom is -0.361 e. The van der Waals surface area contributed by atoms with Crippen LogP contribution in [0.4, 0.5) is 0 Å². The Morgan fingerprint density at radius 3 is 2.81 bits per heavy atom. The predicted molar refractivity (Wildman–Crippen MR) is 83.2 cm³/mol. The number of hydrogen-bond acceptors (Lipinski definition) is 2. The second kappa shape index (κ2) is 5.79. The molecule has 4 nitrogen and oxygen atoms in total. The van der Waals surface area contributed by atoms with Gasteiger partial charge in [0.25, 0.3) is 5.91 Å². The van der Waals surface area contributed by atoms with Crippen LogP contribution in [0.5, 0.6) is 0 Å². The lowest BCUT2D eigenvalue weighted by atomic mass is 10.1. The third kappa shape index (κ3) is 2.79. The van der Waals surface area contributed by atoms with Crippen molar-refractivity contribution >= 4 is 16.8 Å². The van der Waals surface area contributed by atoms with E-state index in [1.54, 1.807) is 17.3 Å². The number of H-pyrrole nitrogens is 1. The van der Waals surface area contributed by atoms with Crippen molar-refractivity contribution in [3.05, 3.63) is 66.1 Å². The summed E-state index contributed by atoms with van der Waals surface area (Å²) in [4.78, 5) is 21.5. The summed E-state index contributed by atoms with van der Waals surface area (Å²) in [6.07, 6.45) is 6.24. The summed E-state index contributed by atoms with van der Waals surface area (Å²) in [6, 6.07) is 11.7. The highest BCUT2D eigenvalue weighted by molar-refractivity contribution is 6.06. The van der Waals surface area contributed by atoms with Crippen LogP contribution in [-0.4, -0.2) is 34.4 Å². The zero-order valence-corrected chi connectivity index (χ0v) is 11.9. The van der Waals surface area contributed by atoms with Crippen LogP contribution in [0, 0.1) is 0 Å². The van der Waals surface area contributed by atoms with E-state index in [0.29, 0.717) is 6.54 Å². The molecule has 21 heavy (non-hydrogen) atoms. The largest absolute Gasteiger partial charge is 0.361 e. The minimum absolute atomic E-state index is 0.0502. The quantitative estimate of drug-likeness (QED) is 0.798. The van der Waals surface area contributed by atoms with Gasteiger partial charge in [-0.1, -0.05) is 6.07 Å². The van der Waals surface area contributed by atoms with E-state index in [9.17, 15) is 4.79 Å². The van der Waals surface area contributed by atoms with E-state index >= 15 is 0 Å². The molecule has 0 fully saturated rings. The molecule has 0 bridgehead atoms. The van der Waals surface area contributed by atoms with E-state index in [-0.39, 0.29) is 5.91 Å². The van der Waals surface area contributed by atoms with Gasteiger partial charge in [0, 0.05) is 48.6 Å². The number of hydrogen-bond donors (Lipinski definition) is 1. The zero-order valence-electron chi connectivity index (χ0n) is 11.9. The zero-order chi connectivity index (χ0) is 14.7. The van der Waals surface area contributed by atoms with Gasteiger partial charge in [0.1, 0.15) is 0 Å². The molecule has 106 valence electrons. The SMILES string of the molecule is CN(CCc1ccncc1)C(=O)c1cccc2[nH]ccc12. The number of nitrogens with one attached hydrogen (secondary N) is 1. The molecule has 1 N–H and O–H groups in total. The molecule has 0 aliphatic rings. The summed E-state index contributed by atoms with van der Waals surface area (Å²) in [7, 11) is 1.84. The standard InChI is InChI=1S/C17H17N3O/c1-20(12-8-13-5-9-18-10-6-13)17(21)15-3-2-4-16-14(15)7-11-19-16/h2-7,9-11,19H,8,12H2,1H3. The third-order valence-corrected chi connectivity index (χ3v) is 3.66. The molecule has 0 aliphatic carbocycles. The number of aromatic nitrogens is 2. The smallest absolute Gasteiger partial charge is 0.254 e. The molecule has 0 saturated carbocycles. The Morgan fingerprint density at radius 2 is 2.00 bits per heavy atom. The molecule has 0 spiro atoms. The highest BCUT2D eigenvalue weighted by atomic mass is 16.2. The third-order valence-electron chi connectivity index (χ3n) is 3.66. The van der Waals surface area contributed by atoms with E-state index in [1.807, 2.05) is 49.6 Å². The normalized spacial score (nSPS) is 10.7. The van der Waals surface area contributed by atoms with E-state index in [0.717, 1.165) is 22.9 Å². The summed E-state index contributed by atoms with van der Waals surface area (Å²) >= 11 is 0. The molecule has 2 aromatic heterocycles. The van der Waals surface area contributed by atoms with Crippen LogP contribution in [-0.2, 0) is 6.42 Å². The predicted octanol–water partition coefficient (Wildman–Crippen LogP) is 2.88. The first-order valence-corrected chi connectivity index (χ1v) is 6.96. The molecule has 3 aromatic rings. The van der Waals surface area contributed by atoms with Crippen molar-refractivity contribution in [2.45, 2.75) is 6.42 Å². The lowest BCUT2D eigenvalue weighted by Crippen LogP contribution is -2.28. The number of pyridine rings is 1. The van der Waals surface area contributed by atoms with Gasteiger partial charge in [-0.05, 0) is 42.3 Å². The average molecular weight is 279 g/mol. The lowest BCUT2D eigenvalue weighted by Gasteiger charge is -2.17. The molecule has 0 aliphatic heterocycles. The Balaban J connectivity index is 1.74. The van der Waals surface area contributed by atoms with E-state index in [1.165, 1.54) is 5.56 Å². The van der Waals surface area contributed by atoms with Gasteiger partial charge in [-0.15, -0.1) is 0 Å². The molecule has 0 atom stereocenters. The maximum absolute atomic E-state index is 12.6. The Hall–Kier alpha value is -2.62. The summed E-state index contributed by atoms with van der Waals surface area (Å²) in [5, 5.41) is 0.971. The molecule has 1 aromatic carbocycles. The number of fused-ring (bicyclic) bond motifs is 1. The van der Waals surface area contributed by atoms with Crippen molar-refractivity contribution < 1.29 is 4.79 Å². The van der Waals surface area contributed by atoms with Crippen LogP contribution in [0.1, 0.15) is 15.9 Å². The number of amides is 1. The number of aromatic amines is 1. The molecule has 2 heterocycles. The number of nitrogens with zero attached hydrogens (tertiary/aromatic N) is 2. The Kier molecular flexibility index (Phi) is 3.69. The minimum atomic E-state index is 0.0502. The van der Waals surface area contributed by atoms with Crippen LogP contribution in [0.25, 0.3) is 10.9 Å². The molecule has 0 saturated heterocycles. The Labute approximate surface area is 123 Å². The van der Waals surface area contributed by atoms with Crippen molar-refractivity contribution in [2.24, 2.45) is 0 Å².